The van der Waals surface area contributed by atoms with Crippen LogP contribution < -0.4 is 0 Å². The molecule has 44 heavy (non-hydrogen) atoms. The van der Waals surface area contributed by atoms with Gasteiger partial charge in [0, 0.05) is 42.3 Å². The van der Waals surface area contributed by atoms with Crippen molar-refractivity contribution in [1.82, 2.24) is 0 Å². The summed E-state index contributed by atoms with van der Waals surface area (Å²) in [6, 6.07) is 0. The van der Waals surface area contributed by atoms with E-state index in [0.717, 1.165) is 18.4 Å². The second-order valence-electron chi connectivity index (χ2n) is 12.9. The molecule has 3 aliphatic carbocycles. The monoisotopic (exact) mass is 614 g/mol. The molecule has 0 radical (unpaired) electrons. The van der Waals surface area contributed by atoms with Gasteiger partial charge in [-0.25, -0.2) is 14.4 Å². The summed E-state index contributed by atoms with van der Waals surface area (Å²) in [6.45, 7) is 9.68. The Morgan fingerprint density at radius 1 is 1.23 bits per heavy atom. The largest absolute Gasteiger partial charge is 0.508 e. The molecule has 2 heterocycles. The predicted octanol–water partition coefficient (Wildman–Crippen LogP) is 4.61. The predicted molar refractivity (Wildman–Crippen MR) is 159 cm³/mol. The smallest absolute Gasteiger partial charge is 0.456 e. The number of allylic oxidation sites excluding steroid dienone is 3. The van der Waals surface area contributed by atoms with Gasteiger partial charge in [0.2, 0.25) is 0 Å². The number of rotatable bonds is 8. The molecule has 1 N–H and O–H groups in total. The van der Waals surface area contributed by atoms with Crippen LogP contribution >= 0.6 is 0 Å². The first kappa shape index (κ1) is 32.4. The number of ether oxygens (including phenoxy) is 6. The highest BCUT2D eigenvalue weighted by Gasteiger charge is 2.69. The number of carbonyl (C=O) groups is 3. The Morgan fingerprint density at radius 3 is 2.68 bits per heavy atom. The molecule has 0 aromatic heterocycles. The highest BCUT2D eigenvalue weighted by Crippen LogP contribution is 2.61. The van der Waals surface area contributed by atoms with Gasteiger partial charge in [0.15, 0.2) is 6.10 Å². The van der Waals surface area contributed by atoms with E-state index in [9.17, 15) is 19.5 Å². The zero-order chi connectivity index (χ0) is 31.8. The molecule has 5 aliphatic rings. The van der Waals surface area contributed by atoms with E-state index in [0.29, 0.717) is 12.0 Å². The maximum atomic E-state index is 13.5. The van der Waals surface area contributed by atoms with Crippen LogP contribution in [0.1, 0.15) is 60.3 Å². The normalized spacial score (nSPS) is 41.0. The van der Waals surface area contributed by atoms with Crippen molar-refractivity contribution in [2.24, 2.45) is 29.6 Å². The van der Waals surface area contributed by atoms with E-state index in [1.165, 1.54) is 7.11 Å². The van der Waals surface area contributed by atoms with E-state index < -0.39 is 66.2 Å². The molecule has 0 aromatic rings. The Labute approximate surface area is 259 Å². The first-order valence-corrected chi connectivity index (χ1v) is 15.9. The van der Waals surface area contributed by atoms with Gasteiger partial charge in [0.25, 0.3) is 0 Å². The number of esters is 2. The molecule has 2 fully saturated rings. The topological polar surface area (TPSA) is 127 Å². The van der Waals surface area contributed by atoms with Gasteiger partial charge in [-0.05, 0) is 38.7 Å². The third-order valence-electron chi connectivity index (χ3n) is 10.1. The average Bonchev–Trinajstić information content (AvgIpc) is 3.59. The van der Waals surface area contributed by atoms with Crippen molar-refractivity contribution < 1.29 is 47.9 Å². The van der Waals surface area contributed by atoms with Crippen LogP contribution in [0.3, 0.4) is 0 Å². The molecule has 4 bridgehead atoms. The molecule has 2 aliphatic heterocycles. The van der Waals surface area contributed by atoms with E-state index in [1.807, 2.05) is 58.1 Å². The minimum Gasteiger partial charge on any atom is -0.456 e. The van der Waals surface area contributed by atoms with Gasteiger partial charge in [-0.3, -0.25) is 0 Å². The lowest BCUT2D eigenvalue weighted by molar-refractivity contribution is -0.174. The highest BCUT2D eigenvalue weighted by atomic mass is 16.7. The van der Waals surface area contributed by atoms with Crippen molar-refractivity contribution in [3.05, 3.63) is 47.6 Å². The van der Waals surface area contributed by atoms with Crippen LogP contribution in [0.25, 0.3) is 0 Å². The van der Waals surface area contributed by atoms with Crippen LogP contribution in [-0.2, 0) is 38.0 Å². The molecule has 1 saturated heterocycles. The maximum Gasteiger partial charge on any atom is 0.508 e. The third kappa shape index (κ3) is 5.76. The number of aliphatic hydroxyl groups is 1. The summed E-state index contributed by atoms with van der Waals surface area (Å²) in [5, 5.41) is 11.9. The average molecular weight is 615 g/mol. The number of hydrogen-bond acceptors (Lipinski definition) is 10. The molecule has 1 spiro atoms. The van der Waals surface area contributed by atoms with E-state index in [1.54, 1.807) is 13.0 Å². The summed E-state index contributed by atoms with van der Waals surface area (Å²) in [6.07, 6.45) is 8.54. The van der Waals surface area contributed by atoms with Crippen LogP contribution in [-0.4, -0.2) is 79.1 Å². The highest BCUT2D eigenvalue weighted by molar-refractivity contribution is 5.90. The van der Waals surface area contributed by atoms with Crippen LogP contribution in [0.4, 0.5) is 4.79 Å². The Balaban J connectivity index is 1.48. The molecule has 242 valence electrons. The van der Waals surface area contributed by atoms with Gasteiger partial charge >= 0.3 is 18.1 Å². The standard InChI is InChI=1S/C34H46O10/c1-7-8-15-40-33(38)41-21(5)28-18(2)16-19(3)34-23(17-25(39-6)32(37)42-28)13-14-24-26(34)27(35)20(4)29(30(24)44-34)43-31(36)22-11-9-10-12-22/h9-11,13-14,16,18,20-21,23-30,35H,7-8,12,15,17H2,1-6H3/b19-16+/t18-,20-,21-,23?,24-,25+,26+,27-,28+,29-,30-,34+/m1/s1. The van der Waals surface area contributed by atoms with Crippen molar-refractivity contribution in [3.63, 3.8) is 0 Å². The number of carbonyl (C=O) groups excluding carboxylic acids is 3. The van der Waals surface area contributed by atoms with Gasteiger partial charge in [-0.2, -0.15) is 0 Å². The fourth-order valence-electron chi connectivity index (χ4n) is 7.84. The zero-order valence-electron chi connectivity index (χ0n) is 26.5. The fourth-order valence-corrected chi connectivity index (χ4v) is 7.84. The lowest BCUT2D eigenvalue weighted by Crippen LogP contribution is -2.57. The molecule has 5 rings (SSSR count). The summed E-state index contributed by atoms with van der Waals surface area (Å²) in [4.78, 5) is 38.9. The molecule has 0 amide bonds. The van der Waals surface area contributed by atoms with Gasteiger partial charge < -0.3 is 33.5 Å². The quantitative estimate of drug-likeness (QED) is 0.179. The van der Waals surface area contributed by atoms with Crippen LogP contribution in [0.2, 0.25) is 0 Å². The maximum absolute atomic E-state index is 13.5. The number of aliphatic hydroxyl groups excluding tert-OH is 1. The fraction of sp³-hybridized carbons (Fsp3) is 0.676. The number of methoxy groups -OCH3 is 1. The second-order valence-corrected chi connectivity index (χ2v) is 12.9. The van der Waals surface area contributed by atoms with E-state index in [2.05, 4.69) is 0 Å². The Morgan fingerprint density at radius 2 is 2.00 bits per heavy atom. The molecule has 1 unspecified atom stereocenters. The summed E-state index contributed by atoms with van der Waals surface area (Å²) < 4.78 is 35.4. The SMILES string of the molecule is CCCCOC(=O)O[C@H](C)[C@H]1OC(=O)[C@@H](OC)CC2C=C[C@H]3[C@H]4O[C@]2(/C(C)=C/[C@H]1C)[C@@H]3[C@H](O)[C@@H](C)[C@H]4OC(=O)C1=CC=CC1. The van der Waals surface area contributed by atoms with Crippen molar-refractivity contribution in [1.29, 1.82) is 0 Å². The number of cyclic esters (lactones) is 1. The Hall–Kier alpha value is -2.95. The summed E-state index contributed by atoms with van der Waals surface area (Å²) >= 11 is 0. The lowest BCUT2D eigenvalue weighted by Gasteiger charge is -2.48. The van der Waals surface area contributed by atoms with E-state index in [-0.39, 0.29) is 36.7 Å². The van der Waals surface area contributed by atoms with Crippen molar-refractivity contribution in [2.45, 2.75) is 103 Å². The molecule has 10 nitrogen and oxygen atoms in total. The summed E-state index contributed by atoms with van der Waals surface area (Å²) in [7, 11) is 1.46. The van der Waals surface area contributed by atoms with Crippen molar-refractivity contribution in [3.8, 4) is 0 Å². The van der Waals surface area contributed by atoms with Crippen LogP contribution in [0, 0.1) is 29.6 Å². The van der Waals surface area contributed by atoms with Gasteiger partial charge in [-0.15, -0.1) is 0 Å². The number of hydrogen-bond donors (Lipinski definition) is 1. The van der Waals surface area contributed by atoms with Gasteiger partial charge in [-0.1, -0.05) is 63.6 Å². The van der Waals surface area contributed by atoms with Gasteiger partial charge in [0.05, 0.1) is 12.7 Å². The summed E-state index contributed by atoms with van der Waals surface area (Å²) in [5.74, 6) is -2.62. The van der Waals surface area contributed by atoms with E-state index >= 15 is 0 Å². The molecule has 0 aromatic carbocycles. The van der Waals surface area contributed by atoms with E-state index in [4.69, 9.17) is 28.4 Å². The third-order valence-corrected chi connectivity index (χ3v) is 10.1. The molecule has 10 heteroatoms. The molecule has 1 saturated carbocycles. The first-order valence-electron chi connectivity index (χ1n) is 15.9. The minimum atomic E-state index is -0.983. The van der Waals surface area contributed by atoms with Crippen LogP contribution in [0.5, 0.6) is 0 Å². The summed E-state index contributed by atoms with van der Waals surface area (Å²) in [5.41, 5.74) is 0.458. The second kappa shape index (κ2) is 13.2. The number of unbranched alkanes of at least 4 members (excludes halogenated alkanes) is 1. The minimum absolute atomic E-state index is 0.198. The van der Waals surface area contributed by atoms with Gasteiger partial charge in [0.1, 0.15) is 30.0 Å². The lowest BCUT2D eigenvalue weighted by atomic mass is 9.57. The van der Waals surface area contributed by atoms with Crippen molar-refractivity contribution >= 4 is 18.1 Å². The first-order chi connectivity index (χ1) is 21.0. The Bertz CT molecular complexity index is 1230. The van der Waals surface area contributed by atoms with Crippen LogP contribution in [0.15, 0.2) is 47.6 Å². The van der Waals surface area contributed by atoms with Crippen molar-refractivity contribution in [2.75, 3.05) is 13.7 Å². The Kier molecular flexibility index (Phi) is 9.72. The molecule has 12 atom stereocenters. The molecular formula is C34H46O10. The zero-order valence-corrected chi connectivity index (χ0v) is 26.5. The molecular weight excluding hydrogens is 568 g/mol.